The Morgan fingerprint density at radius 2 is 1.53 bits per heavy atom. The van der Waals surface area contributed by atoms with E-state index >= 15 is 0 Å². The number of esters is 1. The molecule has 2 amide bonds. The molecule has 1 heterocycles. The van der Waals surface area contributed by atoms with E-state index < -0.39 is 17.8 Å². The van der Waals surface area contributed by atoms with Gasteiger partial charge >= 0.3 is 5.97 Å². The maximum atomic E-state index is 12.9. The predicted octanol–water partition coefficient (Wildman–Crippen LogP) is 5.08. The number of hydrogen-bond acceptors (Lipinski definition) is 7. The first kappa shape index (κ1) is 25.2. The molecule has 1 fully saturated rings. The maximum Gasteiger partial charge on any atom is 0.343 e. The molecule has 4 rings (SSSR count). The molecule has 1 aliphatic heterocycles. The minimum absolute atomic E-state index is 0.210. The van der Waals surface area contributed by atoms with Gasteiger partial charge in [0.2, 0.25) is 0 Å². The van der Waals surface area contributed by atoms with Gasteiger partial charge in [-0.1, -0.05) is 53.2 Å². The molecule has 36 heavy (non-hydrogen) atoms. The van der Waals surface area contributed by atoms with E-state index in [9.17, 15) is 14.4 Å². The van der Waals surface area contributed by atoms with Gasteiger partial charge in [-0.2, -0.15) is 5.01 Å². The number of ether oxygens (including phenoxy) is 2. The minimum Gasteiger partial charge on any atom is -0.493 e. The van der Waals surface area contributed by atoms with E-state index in [1.807, 2.05) is 38.1 Å². The number of aryl methyl sites for hydroxylation is 2. The van der Waals surface area contributed by atoms with Gasteiger partial charge in [0.25, 0.3) is 11.8 Å². The topological polar surface area (TPSA) is 84.9 Å². The van der Waals surface area contributed by atoms with Gasteiger partial charge in [0.1, 0.15) is 0 Å². The van der Waals surface area contributed by atoms with Crippen molar-refractivity contribution in [2.75, 3.05) is 7.11 Å². The Bertz CT molecular complexity index is 1380. The minimum atomic E-state index is -0.508. The number of carbonyl (C=O) groups is 3. The van der Waals surface area contributed by atoms with Gasteiger partial charge < -0.3 is 9.47 Å². The Hall–Kier alpha value is -3.95. The highest BCUT2D eigenvalue weighted by atomic mass is 32.2. The lowest BCUT2D eigenvalue weighted by atomic mass is 10.1. The van der Waals surface area contributed by atoms with E-state index in [0.29, 0.717) is 27.3 Å². The Morgan fingerprint density at radius 3 is 2.14 bits per heavy atom. The molecule has 1 saturated heterocycles. The van der Waals surface area contributed by atoms with E-state index in [-0.39, 0.29) is 10.1 Å². The lowest BCUT2D eigenvalue weighted by molar-refractivity contribution is -0.123. The number of carbonyl (C=O) groups excluding carboxylic acids is 3. The Morgan fingerprint density at radius 1 is 0.917 bits per heavy atom. The lowest BCUT2D eigenvalue weighted by Crippen LogP contribution is -2.44. The van der Waals surface area contributed by atoms with Crippen molar-refractivity contribution in [2.45, 2.75) is 13.8 Å². The fourth-order valence-electron chi connectivity index (χ4n) is 3.29. The third-order valence-electron chi connectivity index (χ3n) is 5.30. The van der Waals surface area contributed by atoms with Crippen LogP contribution < -0.4 is 14.9 Å². The van der Waals surface area contributed by atoms with Crippen molar-refractivity contribution in [2.24, 2.45) is 0 Å². The zero-order chi connectivity index (χ0) is 25.8. The first-order chi connectivity index (χ1) is 17.2. The number of rotatable bonds is 6. The molecule has 0 radical (unpaired) electrons. The molecule has 1 aliphatic rings. The molecule has 3 aromatic rings. The van der Waals surface area contributed by atoms with Crippen molar-refractivity contribution in [1.82, 2.24) is 10.4 Å². The second-order valence-electron chi connectivity index (χ2n) is 7.99. The average molecular weight is 519 g/mol. The standard InChI is InChI=1S/C27H22N2O5S2/c1-16-4-9-19(10-5-16)24(30)28-29-25(31)23(36-27(29)35)15-18-8-13-21(22(14-18)33-3)34-26(32)20-11-6-17(2)7-12-20/h4-15H,1-3H3,(H,28,30)/b23-15+. The fraction of sp³-hybridized carbons (Fsp3) is 0.111. The van der Waals surface area contributed by atoms with Crippen LogP contribution in [0.3, 0.4) is 0 Å². The third-order valence-corrected chi connectivity index (χ3v) is 6.60. The highest BCUT2D eigenvalue weighted by molar-refractivity contribution is 8.26. The number of nitrogens with zero attached hydrogens (tertiary/aromatic N) is 1. The molecule has 0 aliphatic carbocycles. The second-order valence-corrected chi connectivity index (χ2v) is 9.67. The van der Waals surface area contributed by atoms with Crippen LogP contribution in [0.2, 0.25) is 0 Å². The van der Waals surface area contributed by atoms with Crippen molar-refractivity contribution in [3.63, 3.8) is 0 Å². The molecule has 0 bridgehead atoms. The van der Waals surface area contributed by atoms with Crippen molar-refractivity contribution >= 4 is 52.2 Å². The van der Waals surface area contributed by atoms with Crippen LogP contribution in [0.25, 0.3) is 6.08 Å². The predicted molar refractivity (Wildman–Crippen MR) is 143 cm³/mol. The molecule has 182 valence electrons. The van der Waals surface area contributed by atoms with Crippen LogP contribution in [0.1, 0.15) is 37.4 Å². The molecule has 7 nitrogen and oxygen atoms in total. The van der Waals surface area contributed by atoms with Crippen LogP contribution in [0, 0.1) is 13.8 Å². The summed E-state index contributed by atoms with van der Waals surface area (Å²) in [6, 6.07) is 19.0. The highest BCUT2D eigenvalue weighted by Crippen LogP contribution is 2.34. The Balaban J connectivity index is 1.49. The van der Waals surface area contributed by atoms with Crippen molar-refractivity contribution < 1.29 is 23.9 Å². The van der Waals surface area contributed by atoms with E-state index in [2.05, 4.69) is 5.43 Å². The van der Waals surface area contributed by atoms with E-state index in [1.165, 1.54) is 7.11 Å². The quantitative estimate of drug-likeness (QED) is 0.211. The summed E-state index contributed by atoms with van der Waals surface area (Å²) in [7, 11) is 1.46. The number of benzene rings is 3. The van der Waals surface area contributed by atoms with Crippen LogP contribution in [-0.2, 0) is 4.79 Å². The SMILES string of the molecule is COc1cc(/C=C2/SC(=S)N(NC(=O)c3ccc(C)cc3)C2=O)ccc1OC(=O)c1ccc(C)cc1. The zero-order valence-electron chi connectivity index (χ0n) is 19.7. The third kappa shape index (κ3) is 5.64. The number of nitrogens with one attached hydrogen (secondary N) is 1. The number of hydrazine groups is 1. The number of thiocarbonyl (C=S) groups is 1. The zero-order valence-corrected chi connectivity index (χ0v) is 21.4. The molecular formula is C27H22N2O5S2. The van der Waals surface area contributed by atoms with Crippen LogP contribution in [0.4, 0.5) is 0 Å². The molecular weight excluding hydrogens is 496 g/mol. The second kappa shape index (κ2) is 10.8. The van der Waals surface area contributed by atoms with E-state index in [1.54, 1.807) is 48.5 Å². The normalized spacial score (nSPS) is 14.2. The summed E-state index contributed by atoms with van der Waals surface area (Å²) < 4.78 is 11.1. The average Bonchev–Trinajstić information content (AvgIpc) is 3.12. The molecule has 0 atom stereocenters. The summed E-state index contributed by atoms with van der Waals surface area (Å²) in [5.41, 5.74) is 6.08. The van der Waals surface area contributed by atoms with E-state index in [0.717, 1.165) is 27.9 Å². The van der Waals surface area contributed by atoms with Gasteiger partial charge in [-0.05, 0) is 74.1 Å². The van der Waals surface area contributed by atoms with Gasteiger partial charge in [0.05, 0.1) is 17.6 Å². The summed E-state index contributed by atoms with van der Waals surface area (Å²) in [5, 5.41) is 1.06. The van der Waals surface area contributed by atoms with Crippen LogP contribution in [0.5, 0.6) is 11.5 Å². The fourth-order valence-corrected chi connectivity index (χ4v) is 4.47. The summed E-state index contributed by atoms with van der Waals surface area (Å²) in [4.78, 5) is 38.3. The van der Waals surface area contributed by atoms with Crippen molar-refractivity contribution in [3.05, 3.63) is 99.5 Å². The van der Waals surface area contributed by atoms with Crippen LogP contribution in [0.15, 0.2) is 71.6 Å². The molecule has 0 aromatic heterocycles. The summed E-state index contributed by atoms with van der Waals surface area (Å²) in [6.07, 6.45) is 1.63. The first-order valence-corrected chi connectivity index (χ1v) is 12.1. The van der Waals surface area contributed by atoms with Gasteiger partial charge in [-0.25, -0.2) is 4.79 Å². The molecule has 9 heteroatoms. The molecule has 0 saturated carbocycles. The van der Waals surface area contributed by atoms with Gasteiger partial charge in [0.15, 0.2) is 15.8 Å². The molecule has 3 aromatic carbocycles. The molecule has 0 unspecified atom stereocenters. The van der Waals surface area contributed by atoms with E-state index in [4.69, 9.17) is 21.7 Å². The first-order valence-electron chi connectivity index (χ1n) is 10.9. The monoisotopic (exact) mass is 518 g/mol. The number of methoxy groups -OCH3 is 1. The molecule has 1 N–H and O–H groups in total. The summed E-state index contributed by atoms with van der Waals surface area (Å²) in [5.74, 6) is -0.815. The lowest BCUT2D eigenvalue weighted by Gasteiger charge is -2.15. The van der Waals surface area contributed by atoms with Gasteiger partial charge in [-0.15, -0.1) is 0 Å². The van der Waals surface area contributed by atoms with Gasteiger partial charge in [-0.3, -0.25) is 15.0 Å². The van der Waals surface area contributed by atoms with Crippen molar-refractivity contribution in [3.8, 4) is 11.5 Å². The largest absolute Gasteiger partial charge is 0.493 e. The number of hydrogen-bond donors (Lipinski definition) is 1. The van der Waals surface area contributed by atoms with Gasteiger partial charge in [0, 0.05) is 5.56 Å². The number of amides is 2. The maximum absolute atomic E-state index is 12.9. The Kier molecular flexibility index (Phi) is 7.52. The summed E-state index contributed by atoms with van der Waals surface area (Å²) in [6.45, 7) is 3.85. The smallest absolute Gasteiger partial charge is 0.343 e. The molecule has 0 spiro atoms. The van der Waals surface area contributed by atoms with Crippen LogP contribution >= 0.6 is 24.0 Å². The summed E-state index contributed by atoms with van der Waals surface area (Å²) >= 11 is 6.37. The van der Waals surface area contributed by atoms with Crippen molar-refractivity contribution in [1.29, 1.82) is 0 Å². The van der Waals surface area contributed by atoms with Crippen LogP contribution in [-0.4, -0.2) is 34.2 Å². The Labute approximate surface area is 218 Å². The highest BCUT2D eigenvalue weighted by Gasteiger charge is 2.33. The number of thioether (sulfide) groups is 1.